The first-order valence-electron chi connectivity index (χ1n) is 5.22. The van der Waals surface area contributed by atoms with Crippen LogP contribution in [0.3, 0.4) is 0 Å². The van der Waals surface area contributed by atoms with Crippen molar-refractivity contribution >= 4 is 20.4 Å². The summed E-state index contributed by atoms with van der Waals surface area (Å²) in [5, 5.41) is 0. The van der Waals surface area contributed by atoms with E-state index in [1.807, 2.05) is 6.92 Å². The molecule has 5 heteroatoms. The monoisotopic (exact) mass is 240 g/mol. The van der Waals surface area contributed by atoms with Gasteiger partial charge in [-0.15, -0.1) is 11.6 Å². The van der Waals surface area contributed by atoms with Crippen molar-refractivity contribution in [1.82, 2.24) is 0 Å². The Kier molecular flexibility index (Phi) is 7.86. The number of halogens is 1. The maximum atomic E-state index is 8.95. The van der Waals surface area contributed by atoms with Crippen LogP contribution >= 0.6 is 11.6 Å². The molecule has 0 aromatic carbocycles. The van der Waals surface area contributed by atoms with Gasteiger partial charge in [0.25, 0.3) is 0 Å². The Hall–Kier alpha value is 0.387. The summed E-state index contributed by atoms with van der Waals surface area (Å²) in [7, 11) is -3.84. The highest BCUT2D eigenvalue weighted by Gasteiger charge is 2.30. The van der Waals surface area contributed by atoms with E-state index < -0.39 is 8.80 Å². The minimum absolute atomic E-state index is 0.171. The van der Waals surface area contributed by atoms with Gasteiger partial charge in [0.15, 0.2) is 0 Å². The third-order valence-electron chi connectivity index (χ3n) is 2.39. The molecule has 0 saturated carbocycles. The lowest BCUT2D eigenvalue weighted by Crippen LogP contribution is -2.36. The average molecular weight is 241 g/mol. The van der Waals surface area contributed by atoms with E-state index in [0.29, 0.717) is 5.88 Å². The van der Waals surface area contributed by atoms with Gasteiger partial charge in [0.05, 0.1) is 0 Å². The standard InChI is InChI=1S/C9H21ClO3Si/c1-2-9(8-14(11,12)13)6-4-3-5-7-10/h9,11-13H,2-8H2,1H3. The van der Waals surface area contributed by atoms with Crippen LogP contribution in [0, 0.1) is 5.92 Å². The molecule has 0 radical (unpaired) electrons. The molecule has 0 spiro atoms. The Balaban J connectivity index is 3.58. The van der Waals surface area contributed by atoms with E-state index in [0.717, 1.165) is 32.1 Å². The van der Waals surface area contributed by atoms with Crippen molar-refractivity contribution < 1.29 is 14.4 Å². The Morgan fingerprint density at radius 1 is 1.14 bits per heavy atom. The number of unbranched alkanes of at least 4 members (excludes halogenated alkanes) is 2. The number of alkyl halides is 1. The minimum Gasteiger partial charge on any atom is -0.390 e. The van der Waals surface area contributed by atoms with E-state index in [2.05, 4.69) is 0 Å². The molecule has 0 aromatic heterocycles. The molecule has 0 aromatic rings. The van der Waals surface area contributed by atoms with Gasteiger partial charge in [-0.2, -0.15) is 0 Å². The summed E-state index contributed by atoms with van der Waals surface area (Å²) in [4.78, 5) is 26.9. The first-order chi connectivity index (χ1) is 6.49. The summed E-state index contributed by atoms with van der Waals surface area (Å²) < 4.78 is 0. The first-order valence-corrected chi connectivity index (χ1v) is 7.81. The van der Waals surface area contributed by atoms with Crippen LogP contribution in [0.25, 0.3) is 0 Å². The van der Waals surface area contributed by atoms with Crippen molar-refractivity contribution in [3.05, 3.63) is 0 Å². The van der Waals surface area contributed by atoms with Gasteiger partial charge < -0.3 is 14.4 Å². The fourth-order valence-electron chi connectivity index (χ4n) is 1.54. The SMILES string of the molecule is CCC(CCCCCCl)C[Si](O)(O)O. The van der Waals surface area contributed by atoms with Gasteiger partial charge in [-0.05, 0) is 12.3 Å². The van der Waals surface area contributed by atoms with Crippen LogP contribution in [0.1, 0.15) is 39.0 Å². The van der Waals surface area contributed by atoms with Gasteiger partial charge in [0.2, 0.25) is 0 Å². The van der Waals surface area contributed by atoms with Crippen LogP contribution in [-0.2, 0) is 0 Å². The normalized spacial score (nSPS) is 14.4. The number of hydrogen-bond acceptors (Lipinski definition) is 3. The summed E-state index contributed by atoms with van der Waals surface area (Å²) in [5.74, 6) is 0.923. The van der Waals surface area contributed by atoms with Crippen LogP contribution in [0.2, 0.25) is 6.04 Å². The molecular weight excluding hydrogens is 220 g/mol. The summed E-state index contributed by atoms with van der Waals surface area (Å²) in [6, 6.07) is 0.171. The van der Waals surface area contributed by atoms with E-state index in [4.69, 9.17) is 26.0 Å². The molecule has 3 N–H and O–H groups in total. The summed E-state index contributed by atoms with van der Waals surface area (Å²) in [5.41, 5.74) is 0. The lowest BCUT2D eigenvalue weighted by molar-refractivity contribution is 0.214. The molecule has 3 nitrogen and oxygen atoms in total. The van der Waals surface area contributed by atoms with Crippen molar-refractivity contribution in [1.29, 1.82) is 0 Å². The van der Waals surface area contributed by atoms with E-state index in [1.165, 1.54) is 0 Å². The zero-order valence-electron chi connectivity index (χ0n) is 8.75. The van der Waals surface area contributed by atoms with E-state index >= 15 is 0 Å². The van der Waals surface area contributed by atoms with Crippen LogP contribution < -0.4 is 0 Å². The average Bonchev–Trinajstić information content (AvgIpc) is 2.08. The quantitative estimate of drug-likeness (QED) is 0.344. The molecule has 14 heavy (non-hydrogen) atoms. The second kappa shape index (κ2) is 7.65. The summed E-state index contributed by atoms with van der Waals surface area (Å²) in [6.07, 6.45) is 4.98. The fraction of sp³-hybridized carbons (Fsp3) is 1.00. The van der Waals surface area contributed by atoms with Crippen molar-refractivity contribution in [3.8, 4) is 0 Å². The Labute approximate surface area is 92.1 Å². The zero-order chi connectivity index (χ0) is 11.0. The number of hydrogen-bond donors (Lipinski definition) is 3. The smallest absolute Gasteiger partial charge is 0.390 e. The van der Waals surface area contributed by atoms with Gasteiger partial charge >= 0.3 is 8.80 Å². The molecule has 0 amide bonds. The van der Waals surface area contributed by atoms with Crippen LogP contribution in [0.4, 0.5) is 0 Å². The molecule has 86 valence electrons. The van der Waals surface area contributed by atoms with Crippen LogP contribution in [0.5, 0.6) is 0 Å². The summed E-state index contributed by atoms with van der Waals surface area (Å²) >= 11 is 5.54. The Morgan fingerprint density at radius 3 is 2.21 bits per heavy atom. The molecule has 0 aliphatic rings. The molecule has 0 aliphatic carbocycles. The molecule has 0 fully saturated rings. The second-order valence-corrected chi connectivity index (χ2v) is 6.13. The predicted molar refractivity (Wildman–Crippen MR) is 60.2 cm³/mol. The molecule has 0 saturated heterocycles. The Bertz CT molecular complexity index is 139. The van der Waals surface area contributed by atoms with Gasteiger partial charge in [0, 0.05) is 11.9 Å². The molecule has 0 bridgehead atoms. The topological polar surface area (TPSA) is 60.7 Å². The second-order valence-electron chi connectivity index (χ2n) is 3.79. The lowest BCUT2D eigenvalue weighted by Gasteiger charge is -2.18. The molecule has 0 heterocycles. The van der Waals surface area contributed by atoms with Crippen LogP contribution in [0.15, 0.2) is 0 Å². The number of rotatable bonds is 8. The third kappa shape index (κ3) is 8.96. The first kappa shape index (κ1) is 14.4. The van der Waals surface area contributed by atoms with Gasteiger partial charge in [-0.1, -0.05) is 32.6 Å². The predicted octanol–water partition coefficient (Wildman–Crippen LogP) is 1.73. The maximum Gasteiger partial charge on any atom is 0.493 e. The van der Waals surface area contributed by atoms with Crippen molar-refractivity contribution in [2.45, 2.75) is 45.1 Å². The summed E-state index contributed by atoms with van der Waals surface area (Å²) in [6.45, 7) is 2.01. The van der Waals surface area contributed by atoms with Gasteiger partial charge in [0.1, 0.15) is 0 Å². The van der Waals surface area contributed by atoms with E-state index in [-0.39, 0.29) is 12.0 Å². The van der Waals surface area contributed by atoms with Crippen LogP contribution in [-0.4, -0.2) is 29.1 Å². The molecule has 1 unspecified atom stereocenters. The highest BCUT2D eigenvalue weighted by Crippen LogP contribution is 2.21. The molecule has 0 aliphatic heterocycles. The zero-order valence-corrected chi connectivity index (χ0v) is 10.5. The van der Waals surface area contributed by atoms with E-state index in [1.54, 1.807) is 0 Å². The third-order valence-corrected chi connectivity index (χ3v) is 3.78. The van der Waals surface area contributed by atoms with Gasteiger partial charge in [-0.25, -0.2) is 0 Å². The highest BCUT2D eigenvalue weighted by atomic mass is 35.5. The highest BCUT2D eigenvalue weighted by molar-refractivity contribution is 6.56. The molecular formula is C9H21ClO3Si. The largest absolute Gasteiger partial charge is 0.493 e. The molecule has 1 atom stereocenters. The lowest BCUT2D eigenvalue weighted by atomic mass is 10.0. The van der Waals surface area contributed by atoms with Gasteiger partial charge in [-0.3, -0.25) is 0 Å². The maximum absolute atomic E-state index is 8.95. The Morgan fingerprint density at radius 2 is 1.79 bits per heavy atom. The van der Waals surface area contributed by atoms with Crippen molar-refractivity contribution in [2.75, 3.05) is 5.88 Å². The van der Waals surface area contributed by atoms with E-state index in [9.17, 15) is 0 Å². The molecule has 0 rings (SSSR count). The minimum atomic E-state index is -3.84. The fourth-order valence-corrected chi connectivity index (χ4v) is 3.00. The van der Waals surface area contributed by atoms with Crippen molar-refractivity contribution in [2.24, 2.45) is 5.92 Å². The van der Waals surface area contributed by atoms with Crippen molar-refractivity contribution in [3.63, 3.8) is 0 Å².